The predicted molar refractivity (Wildman–Crippen MR) is 82.7 cm³/mol. The Bertz CT molecular complexity index is 565. The maximum absolute atomic E-state index is 5.74. The van der Waals surface area contributed by atoms with E-state index < -0.39 is 0 Å². The lowest BCUT2D eigenvalue weighted by molar-refractivity contribution is 0.0820. The van der Waals surface area contributed by atoms with Crippen LogP contribution >= 0.6 is 11.3 Å². The zero-order valence-corrected chi connectivity index (χ0v) is 12.9. The van der Waals surface area contributed by atoms with Gasteiger partial charge in [-0.1, -0.05) is 6.92 Å². The van der Waals surface area contributed by atoms with Gasteiger partial charge < -0.3 is 15.0 Å². The molecular formula is C14H22N4OS. The van der Waals surface area contributed by atoms with E-state index >= 15 is 0 Å². The maximum atomic E-state index is 5.74. The van der Waals surface area contributed by atoms with Crippen molar-refractivity contribution in [3.05, 3.63) is 17.3 Å². The van der Waals surface area contributed by atoms with Crippen LogP contribution in [0.5, 0.6) is 0 Å². The first kappa shape index (κ1) is 13.9. The van der Waals surface area contributed by atoms with Gasteiger partial charge in [0, 0.05) is 37.8 Å². The molecule has 0 bridgehead atoms. The van der Waals surface area contributed by atoms with Crippen molar-refractivity contribution in [3.8, 4) is 0 Å². The number of anilines is 1. The van der Waals surface area contributed by atoms with Crippen molar-refractivity contribution in [2.24, 2.45) is 0 Å². The Morgan fingerprint density at radius 3 is 3.30 bits per heavy atom. The third kappa shape index (κ3) is 2.68. The van der Waals surface area contributed by atoms with Crippen LogP contribution in [0.3, 0.4) is 0 Å². The van der Waals surface area contributed by atoms with Gasteiger partial charge in [-0.25, -0.2) is 4.98 Å². The summed E-state index contributed by atoms with van der Waals surface area (Å²) >= 11 is 1.69. The molecule has 0 spiro atoms. The van der Waals surface area contributed by atoms with E-state index in [4.69, 9.17) is 9.72 Å². The standard InChI is InChI=1S/C14H22N4OS/c1-3-15-9-12-13(16-14-18(12)6-8-20-14)17-5-4-7-19-11(2)10-17/h6,8,11,15H,3-5,7,9-10H2,1-2H3. The van der Waals surface area contributed by atoms with E-state index in [-0.39, 0.29) is 6.10 Å². The SMILES string of the molecule is CCNCc1c(N2CCCOC(C)C2)nc2sccn12. The lowest BCUT2D eigenvalue weighted by Crippen LogP contribution is -2.31. The molecular weight excluding hydrogens is 272 g/mol. The molecule has 110 valence electrons. The summed E-state index contributed by atoms with van der Waals surface area (Å²) < 4.78 is 7.95. The van der Waals surface area contributed by atoms with Crippen molar-refractivity contribution < 1.29 is 4.74 Å². The largest absolute Gasteiger partial charge is 0.377 e. The summed E-state index contributed by atoms with van der Waals surface area (Å²) in [5.74, 6) is 1.12. The van der Waals surface area contributed by atoms with Gasteiger partial charge in [0.1, 0.15) is 0 Å². The Balaban J connectivity index is 1.93. The molecule has 2 aromatic heterocycles. The molecule has 0 amide bonds. The van der Waals surface area contributed by atoms with E-state index in [1.807, 2.05) is 0 Å². The highest BCUT2D eigenvalue weighted by molar-refractivity contribution is 7.15. The lowest BCUT2D eigenvalue weighted by atomic mass is 10.3. The molecule has 0 saturated carbocycles. The molecule has 1 atom stereocenters. The Morgan fingerprint density at radius 1 is 1.55 bits per heavy atom. The normalized spacial score (nSPS) is 20.5. The van der Waals surface area contributed by atoms with Gasteiger partial charge in [0.25, 0.3) is 0 Å². The Labute approximate surface area is 123 Å². The molecule has 2 aromatic rings. The summed E-state index contributed by atoms with van der Waals surface area (Å²) in [4.78, 5) is 8.29. The molecule has 3 heterocycles. The monoisotopic (exact) mass is 294 g/mol. The third-order valence-electron chi connectivity index (χ3n) is 3.63. The number of ether oxygens (including phenoxy) is 1. The van der Waals surface area contributed by atoms with Crippen LogP contribution in [0.1, 0.15) is 26.0 Å². The van der Waals surface area contributed by atoms with E-state index in [9.17, 15) is 0 Å². The highest BCUT2D eigenvalue weighted by Crippen LogP contribution is 2.26. The summed E-state index contributed by atoms with van der Waals surface area (Å²) in [6.07, 6.45) is 3.45. The van der Waals surface area contributed by atoms with Crippen molar-refractivity contribution in [1.82, 2.24) is 14.7 Å². The van der Waals surface area contributed by atoms with E-state index in [1.54, 1.807) is 11.3 Å². The first-order valence-corrected chi connectivity index (χ1v) is 8.19. The van der Waals surface area contributed by atoms with Crippen molar-refractivity contribution in [2.75, 3.05) is 31.1 Å². The Kier molecular flexibility index (Phi) is 4.24. The van der Waals surface area contributed by atoms with E-state index in [0.717, 1.165) is 50.0 Å². The van der Waals surface area contributed by atoms with Gasteiger partial charge in [0.15, 0.2) is 10.8 Å². The fraction of sp³-hybridized carbons (Fsp3) is 0.643. The summed E-state index contributed by atoms with van der Waals surface area (Å²) in [7, 11) is 0. The van der Waals surface area contributed by atoms with E-state index in [1.165, 1.54) is 5.69 Å². The number of imidazole rings is 1. The number of nitrogens with zero attached hydrogens (tertiary/aromatic N) is 3. The number of nitrogens with one attached hydrogen (secondary N) is 1. The topological polar surface area (TPSA) is 41.8 Å². The predicted octanol–water partition coefficient (Wildman–Crippen LogP) is 2.12. The average Bonchev–Trinajstić information content (AvgIpc) is 2.94. The smallest absolute Gasteiger partial charge is 0.195 e. The highest BCUT2D eigenvalue weighted by atomic mass is 32.1. The van der Waals surface area contributed by atoms with Crippen molar-refractivity contribution in [2.45, 2.75) is 32.9 Å². The van der Waals surface area contributed by atoms with Crippen LogP contribution in [0, 0.1) is 0 Å². The van der Waals surface area contributed by atoms with Crippen LogP contribution in [0.15, 0.2) is 11.6 Å². The fourth-order valence-corrected chi connectivity index (χ4v) is 3.40. The summed E-state index contributed by atoms with van der Waals surface area (Å²) in [5.41, 5.74) is 1.26. The molecule has 1 aliphatic rings. The zero-order chi connectivity index (χ0) is 13.9. The molecule has 0 aromatic carbocycles. The van der Waals surface area contributed by atoms with Crippen LogP contribution in [-0.4, -0.2) is 41.7 Å². The number of rotatable bonds is 4. The lowest BCUT2D eigenvalue weighted by Gasteiger charge is -2.23. The third-order valence-corrected chi connectivity index (χ3v) is 4.39. The number of fused-ring (bicyclic) bond motifs is 1. The maximum Gasteiger partial charge on any atom is 0.195 e. The number of thiazole rings is 1. The molecule has 3 rings (SSSR count). The Hall–Kier alpha value is -1.11. The minimum atomic E-state index is 0.268. The molecule has 1 N–H and O–H groups in total. The van der Waals surface area contributed by atoms with Gasteiger partial charge in [-0.15, -0.1) is 11.3 Å². The number of hydrogen-bond donors (Lipinski definition) is 1. The van der Waals surface area contributed by atoms with Gasteiger partial charge in [0.05, 0.1) is 11.8 Å². The highest BCUT2D eigenvalue weighted by Gasteiger charge is 2.22. The fourth-order valence-electron chi connectivity index (χ4n) is 2.67. The minimum Gasteiger partial charge on any atom is -0.377 e. The number of hydrogen-bond acceptors (Lipinski definition) is 5. The van der Waals surface area contributed by atoms with E-state index in [0.29, 0.717) is 0 Å². The van der Waals surface area contributed by atoms with Gasteiger partial charge in [-0.05, 0) is 19.9 Å². The summed E-state index contributed by atoms with van der Waals surface area (Å²) in [5, 5.41) is 5.52. The van der Waals surface area contributed by atoms with Crippen molar-refractivity contribution in [1.29, 1.82) is 0 Å². The van der Waals surface area contributed by atoms with Crippen LogP contribution < -0.4 is 10.2 Å². The summed E-state index contributed by atoms with van der Waals surface area (Å²) in [6.45, 7) is 8.89. The molecule has 6 heteroatoms. The molecule has 0 radical (unpaired) electrons. The van der Waals surface area contributed by atoms with Crippen molar-refractivity contribution in [3.63, 3.8) is 0 Å². The van der Waals surface area contributed by atoms with Gasteiger partial charge in [-0.2, -0.15) is 0 Å². The molecule has 0 aliphatic carbocycles. The second-order valence-corrected chi connectivity index (χ2v) is 6.07. The second kappa shape index (κ2) is 6.11. The van der Waals surface area contributed by atoms with E-state index in [2.05, 4.69) is 40.0 Å². The molecule has 5 nitrogen and oxygen atoms in total. The minimum absolute atomic E-state index is 0.268. The van der Waals surface area contributed by atoms with Gasteiger partial charge >= 0.3 is 0 Å². The molecule has 1 unspecified atom stereocenters. The molecule has 20 heavy (non-hydrogen) atoms. The van der Waals surface area contributed by atoms with Gasteiger partial charge in [-0.3, -0.25) is 4.40 Å². The van der Waals surface area contributed by atoms with Crippen LogP contribution in [0.2, 0.25) is 0 Å². The first-order chi connectivity index (χ1) is 9.79. The average molecular weight is 294 g/mol. The van der Waals surface area contributed by atoms with Crippen LogP contribution in [0.4, 0.5) is 5.82 Å². The molecule has 1 saturated heterocycles. The van der Waals surface area contributed by atoms with Crippen molar-refractivity contribution >= 4 is 22.1 Å². The number of aromatic nitrogens is 2. The molecule has 1 fully saturated rings. The van der Waals surface area contributed by atoms with Gasteiger partial charge in [0.2, 0.25) is 0 Å². The second-order valence-electron chi connectivity index (χ2n) is 5.20. The first-order valence-electron chi connectivity index (χ1n) is 7.31. The zero-order valence-electron chi connectivity index (χ0n) is 12.1. The van der Waals surface area contributed by atoms with Crippen LogP contribution in [-0.2, 0) is 11.3 Å². The molecule has 1 aliphatic heterocycles. The quantitative estimate of drug-likeness (QED) is 0.938. The van der Waals surface area contributed by atoms with Crippen LogP contribution in [0.25, 0.3) is 4.96 Å². The summed E-state index contributed by atoms with van der Waals surface area (Å²) in [6, 6.07) is 0. The Morgan fingerprint density at radius 2 is 2.45 bits per heavy atom.